The molecule has 1 aromatic heterocycles. The first kappa shape index (κ1) is 6.72. The summed E-state index contributed by atoms with van der Waals surface area (Å²) in [6.07, 6.45) is 3.52. The third-order valence-electron chi connectivity index (χ3n) is 1.52. The van der Waals surface area contributed by atoms with Crippen molar-refractivity contribution < 1.29 is 0 Å². The van der Waals surface area contributed by atoms with Gasteiger partial charge in [-0.2, -0.15) is 5.10 Å². The fraction of sp³-hybridized carbons (Fsp3) is 0.167. The minimum absolute atomic E-state index is 0.661. The second kappa shape index (κ2) is 2.27. The average molecular weight is 215 g/mol. The van der Waals surface area contributed by atoms with Crippen LogP contribution in [0.4, 0.5) is 5.82 Å². The first-order valence-corrected chi connectivity index (χ1v) is 3.99. The summed E-state index contributed by atoms with van der Waals surface area (Å²) in [5, 5.41) is 7.12. The molecule has 11 heavy (non-hydrogen) atoms. The van der Waals surface area contributed by atoms with Gasteiger partial charge in [0.25, 0.3) is 0 Å². The van der Waals surface area contributed by atoms with E-state index in [0.717, 1.165) is 16.0 Å². The summed E-state index contributed by atoms with van der Waals surface area (Å²) >= 11 is 3.36. The molecular weight excluding hydrogens is 208 g/mol. The van der Waals surface area contributed by atoms with E-state index in [1.165, 1.54) is 0 Å². The van der Waals surface area contributed by atoms with E-state index in [1.54, 1.807) is 17.1 Å². The first-order chi connectivity index (χ1) is 5.27. The summed E-state index contributed by atoms with van der Waals surface area (Å²) in [4.78, 5) is 0. The SMILES string of the molecule is NC1=CNc2c(Br)cnn2C1. The van der Waals surface area contributed by atoms with Crippen molar-refractivity contribution >= 4 is 21.7 Å². The van der Waals surface area contributed by atoms with Crippen molar-refractivity contribution in [3.8, 4) is 0 Å². The molecule has 0 aromatic carbocycles. The van der Waals surface area contributed by atoms with Crippen molar-refractivity contribution in [2.24, 2.45) is 5.73 Å². The topological polar surface area (TPSA) is 55.9 Å². The van der Waals surface area contributed by atoms with Gasteiger partial charge in [0.15, 0.2) is 0 Å². The Hall–Kier alpha value is -0.970. The zero-order chi connectivity index (χ0) is 7.84. The van der Waals surface area contributed by atoms with Crippen molar-refractivity contribution in [1.29, 1.82) is 0 Å². The van der Waals surface area contributed by atoms with Gasteiger partial charge in [0.2, 0.25) is 0 Å². The molecule has 0 spiro atoms. The number of allylic oxidation sites excluding steroid dienone is 1. The molecule has 2 heterocycles. The minimum atomic E-state index is 0.661. The lowest BCUT2D eigenvalue weighted by Crippen LogP contribution is -2.17. The lowest BCUT2D eigenvalue weighted by atomic mass is 10.4. The van der Waals surface area contributed by atoms with Crippen molar-refractivity contribution in [1.82, 2.24) is 9.78 Å². The molecule has 0 atom stereocenters. The Bertz CT molecular complexity index is 314. The smallest absolute Gasteiger partial charge is 0.143 e. The highest BCUT2D eigenvalue weighted by molar-refractivity contribution is 9.10. The zero-order valence-corrected chi connectivity index (χ0v) is 7.30. The number of fused-ring (bicyclic) bond motifs is 1. The Labute approximate surface area is 72.2 Å². The third kappa shape index (κ3) is 1.01. The maximum Gasteiger partial charge on any atom is 0.143 e. The number of halogens is 1. The van der Waals surface area contributed by atoms with Crippen LogP contribution in [0.2, 0.25) is 0 Å². The highest BCUT2D eigenvalue weighted by Gasteiger charge is 2.11. The van der Waals surface area contributed by atoms with Crippen molar-refractivity contribution in [3.63, 3.8) is 0 Å². The molecule has 0 bridgehead atoms. The van der Waals surface area contributed by atoms with Gasteiger partial charge in [-0.3, -0.25) is 0 Å². The first-order valence-electron chi connectivity index (χ1n) is 3.20. The van der Waals surface area contributed by atoms with Crippen LogP contribution in [-0.4, -0.2) is 9.78 Å². The van der Waals surface area contributed by atoms with Crippen LogP contribution in [0.25, 0.3) is 0 Å². The summed E-state index contributed by atoms with van der Waals surface area (Å²) < 4.78 is 2.76. The minimum Gasteiger partial charge on any atom is -0.399 e. The van der Waals surface area contributed by atoms with E-state index in [4.69, 9.17) is 5.73 Å². The quantitative estimate of drug-likeness (QED) is 0.675. The molecule has 0 saturated carbocycles. The van der Waals surface area contributed by atoms with Crippen LogP contribution in [0.1, 0.15) is 0 Å². The maximum atomic E-state index is 5.58. The maximum absolute atomic E-state index is 5.58. The van der Waals surface area contributed by atoms with Crippen LogP contribution in [0, 0.1) is 0 Å². The molecule has 0 amide bonds. The van der Waals surface area contributed by atoms with Crippen LogP contribution in [0.5, 0.6) is 0 Å². The van der Waals surface area contributed by atoms with Gasteiger partial charge in [0, 0.05) is 11.9 Å². The van der Waals surface area contributed by atoms with Gasteiger partial charge in [0.05, 0.1) is 17.2 Å². The van der Waals surface area contributed by atoms with E-state index in [-0.39, 0.29) is 0 Å². The number of hydrogen-bond donors (Lipinski definition) is 2. The summed E-state index contributed by atoms with van der Waals surface area (Å²) in [5.74, 6) is 0.958. The van der Waals surface area contributed by atoms with E-state index in [2.05, 4.69) is 26.3 Å². The number of nitrogens with one attached hydrogen (secondary N) is 1. The average Bonchev–Trinajstić information content (AvgIpc) is 2.32. The molecule has 1 aliphatic heterocycles. The van der Waals surface area contributed by atoms with E-state index in [0.29, 0.717) is 6.54 Å². The summed E-state index contributed by atoms with van der Waals surface area (Å²) in [5.41, 5.74) is 6.37. The molecule has 3 N–H and O–H groups in total. The van der Waals surface area contributed by atoms with Gasteiger partial charge in [0.1, 0.15) is 5.82 Å². The summed E-state index contributed by atoms with van der Waals surface area (Å²) in [6.45, 7) is 0.661. The number of nitrogens with zero attached hydrogens (tertiary/aromatic N) is 2. The second-order valence-electron chi connectivity index (χ2n) is 2.36. The van der Waals surface area contributed by atoms with Gasteiger partial charge < -0.3 is 11.1 Å². The number of hydrogen-bond acceptors (Lipinski definition) is 3. The molecule has 0 radical (unpaired) electrons. The van der Waals surface area contributed by atoms with Gasteiger partial charge in [-0.25, -0.2) is 4.68 Å². The Balaban J connectivity index is 2.44. The third-order valence-corrected chi connectivity index (χ3v) is 2.10. The highest BCUT2D eigenvalue weighted by atomic mass is 79.9. The lowest BCUT2D eigenvalue weighted by Gasteiger charge is -2.13. The van der Waals surface area contributed by atoms with Crippen LogP contribution in [0.15, 0.2) is 22.6 Å². The second-order valence-corrected chi connectivity index (χ2v) is 3.22. The van der Waals surface area contributed by atoms with E-state index in [1.807, 2.05) is 0 Å². The molecule has 0 aliphatic carbocycles. The van der Waals surface area contributed by atoms with Gasteiger partial charge in [-0.15, -0.1) is 0 Å². The Kier molecular flexibility index (Phi) is 1.38. The normalized spacial score (nSPS) is 15.2. The molecule has 5 heteroatoms. The monoisotopic (exact) mass is 214 g/mol. The Morgan fingerprint density at radius 3 is 3.36 bits per heavy atom. The van der Waals surface area contributed by atoms with Crippen LogP contribution in [-0.2, 0) is 6.54 Å². The molecule has 0 saturated heterocycles. The van der Waals surface area contributed by atoms with E-state index in [9.17, 15) is 0 Å². The standard InChI is InChI=1S/C6H7BrN4/c7-5-2-10-11-3-4(8)1-9-6(5)11/h1-2,9H,3,8H2. The van der Waals surface area contributed by atoms with Gasteiger partial charge >= 0.3 is 0 Å². The number of anilines is 1. The summed E-state index contributed by atoms with van der Waals surface area (Å²) in [7, 11) is 0. The highest BCUT2D eigenvalue weighted by Crippen LogP contribution is 2.24. The van der Waals surface area contributed by atoms with Crippen molar-refractivity contribution in [2.75, 3.05) is 5.32 Å². The molecule has 4 nitrogen and oxygen atoms in total. The van der Waals surface area contributed by atoms with Crippen molar-refractivity contribution in [2.45, 2.75) is 6.54 Å². The van der Waals surface area contributed by atoms with E-state index < -0.39 is 0 Å². The number of nitrogens with two attached hydrogens (primary N) is 1. The van der Waals surface area contributed by atoms with Crippen molar-refractivity contribution in [3.05, 3.63) is 22.6 Å². The lowest BCUT2D eigenvalue weighted by molar-refractivity contribution is 0.668. The molecular formula is C6H7BrN4. The van der Waals surface area contributed by atoms with E-state index >= 15 is 0 Å². The molecule has 58 valence electrons. The Morgan fingerprint density at radius 1 is 1.73 bits per heavy atom. The van der Waals surface area contributed by atoms with Crippen LogP contribution < -0.4 is 11.1 Å². The predicted octanol–water partition coefficient (Wildman–Crippen LogP) is 0.871. The fourth-order valence-electron chi connectivity index (χ4n) is 1.01. The molecule has 0 unspecified atom stereocenters. The predicted molar refractivity (Wildman–Crippen MR) is 45.8 cm³/mol. The molecule has 0 fully saturated rings. The number of rotatable bonds is 0. The molecule has 1 aromatic rings. The zero-order valence-electron chi connectivity index (χ0n) is 5.71. The molecule has 2 rings (SSSR count). The van der Waals surface area contributed by atoms with Crippen LogP contribution >= 0.6 is 15.9 Å². The largest absolute Gasteiger partial charge is 0.399 e. The number of aromatic nitrogens is 2. The Morgan fingerprint density at radius 2 is 2.55 bits per heavy atom. The fourth-order valence-corrected chi connectivity index (χ4v) is 1.42. The summed E-state index contributed by atoms with van der Waals surface area (Å²) in [6, 6.07) is 0. The van der Waals surface area contributed by atoms with Crippen LogP contribution in [0.3, 0.4) is 0 Å². The van der Waals surface area contributed by atoms with Gasteiger partial charge in [-0.05, 0) is 15.9 Å². The van der Waals surface area contributed by atoms with Gasteiger partial charge in [-0.1, -0.05) is 0 Å². The molecule has 1 aliphatic rings.